The van der Waals surface area contributed by atoms with Crippen LogP contribution in [0.5, 0.6) is 0 Å². The fourth-order valence-corrected chi connectivity index (χ4v) is 1.60. The lowest BCUT2D eigenvalue weighted by atomic mass is 9.92. The molecule has 0 N–H and O–H groups in total. The zero-order valence-electron chi connectivity index (χ0n) is 8.49. The predicted octanol–water partition coefficient (Wildman–Crippen LogP) is 5.95. The molecule has 0 rings (SSSR count). The normalized spacial score (nSPS) is 18.4. The molecule has 13 heteroatoms. The molecule has 0 saturated carbocycles. The highest BCUT2D eigenvalue weighted by atomic mass is 35.5. The van der Waals surface area contributed by atoms with E-state index in [-0.39, 0.29) is 0 Å². The van der Waals surface area contributed by atoms with Crippen LogP contribution in [0.3, 0.4) is 0 Å². The molecule has 2 atom stereocenters. The van der Waals surface area contributed by atoms with E-state index in [0.717, 1.165) is 0 Å². The molecule has 20 heavy (non-hydrogen) atoms. The van der Waals surface area contributed by atoms with Gasteiger partial charge in [0, 0.05) is 0 Å². The average molecular weight is 398 g/mol. The van der Waals surface area contributed by atoms with Gasteiger partial charge >= 0.3 is 23.1 Å². The van der Waals surface area contributed by atoms with Gasteiger partial charge in [0.15, 0.2) is 0 Å². The van der Waals surface area contributed by atoms with Crippen LogP contribution < -0.4 is 0 Å². The first-order valence-electron chi connectivity index (χ1n) is 4.06. The van der Waals surface area contributed by atoms with Crippen LogP contribution >= 0.6 is 46.4 Å². The van der Waals surface area contributed by atoms with Gasteiger partial charge in [0.2, 0.25) is 6.17 Å². The second kappa shape index (κ2) is 5.81. The summed E-state index contributed by atoms with van der Waals surface area (Å²) in [6.45, 7) is 0. The van der Waals surface area contributed by atoms with E-state index < -0.39 is 38.8 Å². The Morgan fingerprint density at radius 3 is 1.35 bits per heavy atom. The van der Waals surface area contributed by atoms with Crippen molar-refractivity contribution in [3.05, 3.63) is 9.52 Å². The minimum absolute atomic E-state index is 1.85. The zero-order chi connectivity index (χ0) is 16.7. The molecule has 0 saturated heterocycles. The lowest BCUT2D eigenvalue weighted by Gasteiger charge is -2.37. The Morgan fingerprint density at radius 2 is 1.15 bits per heavy atom. The quantitative estimate of drug-likeness (QED) is 0.406. The van der Waals surface area contributed by atoms with Crippen LogP contribution in [0.2, 0.25) is 0 Å². The second-order valence-corrected chi connectivity index (χ2v) is 5.09. The van der Waals surface area contributed by atoms with Crippen molar-refractivity contribution in [2.75, 3.05) is 0 Å². The molecule has 0 nitrogen and oxygen atoms in total. The van der Waals surface area contributed by atoms with Crippen LogP contribution in [-0.4, -0.2) is 29.3 Å². The van der Waals surface area contributed by atoms with Crippen molar-refractivity contribution < 1.29 is 39.5 Å². The summed E-state index contributed by atoms with van der Waals surface area (Å²) in [6.07, 6.45) is -11.7. The van der Waals surface area contributed by atoms with Crippen molar-refractivity contribution in [1.82, 2.24) is 0 Å². The minimum Gasteiger partial charge on any atom is -0.232 e. The van der Waals surface area contributed by atoms with Crippen LogP contribution in [0, 0.1) is 0 Å². The van der Waals surface area contributed by atoms with E-state index in [0.29, 0.717) is 0 Å². The van der Waals surface area contributed by atoms with E-state index in [2.05, 4.69) is 46.4 Å². The fourth-order valence-electron chi connectivity index (χ4n) is 0.970. The first-order chi connectivity index (χ1) is 8.51. The number of allylic oxidation sites excluding steroid dienone is 1. The number of hydrogen-bond acceptors (Lipinski definition) is 0. The molecule has 0 bridgehead atoms. The maximum Gasteiger partial charge on any atom is 0.433 e. The summed E-state index contributed by atoms with van der Waals surface area (Å²) in [4.78, 5) is 0. The third-order valence-corrected chi connectivity index (χ3v) is 3.14. The lowest BCUT2D eigenvalue weighted by Crippen LogP contribution is -2.62. The van der Waals surface area contributed by atoms with E-state index in [1.807, 2.05) is 0 Å². The van der Waals surface area contributed by atoms with E-state index in [1.54, 1.807) is 0 Å². The molecule has 0 heterocycles. The van der Waals surface area contributed by atoms with Crippen molar-refractivity contribution in [1.29, 1.82) is 0 Å². The van der Waals surface area contributed by atoms with Crippen LogP contribution in [-0.2, 0) is 0 Å². The largest absolute Gasteiger partial charge is 0.433 e. The van der Waals surface area contributed by atoms with Crippen LogP contribution in [0.25, 0.3) is 0 Å². The number of hydrogen-bond donors (Lipinski definition) is 0. The van der Waals surface area contributed by atoms with Crippen molar-refractivity contribution in [3.8, 4) is 0 Å². The van der Waals surface area contributed by atoms with Crippen molar-refractivity contribution in [2.24, 2.45) is 0 Å². The van der Waals surface area contributed by atoms with E-state index in [9.17, 15) is 39.5 Å². The maximum absolute atomic E-state index is 13.6. The molecule has 0 aromatic carbocycles. The van der Waals surface area contributed by atoms with Gasteiger partial charge in [-0.3, -0.25) is 0 Å². The first kappa shape index (κ1) is 20.3. The summed E-state index contributed by atoms with van der Waals surface area (Å²) in [7, 11) is 0. The Hall–Kier alpha value is 0.270. The first-order valence-corrected chi connectivity index (χ1v) is 5.58. The van der Waals surface area contributed by atoms with Gasteiger partial charge in [-0.1, -0.05) is 34.8 Å². The Labute approximate surface area is 125 Å². The Kier molecular flexibility index (Phi) is 5.89. The Bertz CT molecular complexity index is 394. The maximum atomic E-state index is 13.6. The third-order valence-electron chi connectivity index (χ3n) is 1.92. The van der Waals surface area contributed by atoms with Gasteiger partial charge in [-0.05, 0) is 11.6 Å². The second-order valence-electron chi connectivity index (χ2n) is 3.26. The van der Waals surface area contributed by atoms with Crippen molar-refractivity contribution >= 4 is 46.4 Å². The van der Waals surface area contributed by atoms with Crippen molar-refractivity contribution in [3.63, 3.8) is 0 Å². The molecular formula is C7HCl4F9. The van der Waals surface area contributed by atoms with Gasteiger partial charge in [0.05, 0.1) is 0 Å². The van der Waals surface area contributed by atoms with E-state index in [1.165, 1.54) is 0 Å². The Balaban J connectivity index is 6.26. The van der Waals surface area contributed by atoms with Gasteiger partial charge in [0.25, 0.3) is 0 Å². The molecule has 2 unspecified atom stereocenters. The SMILES string of the molecule is FC(C(F)(F)Cl)C(F)(F)C(F)(C(Cl)=C(Cl)Cl)C(F)(F)F. The number of alkyl halides is 10. The molecule has 0 aliphatic rings. The lowest BCUT2D eigenvalue weighted by molar-refractivity contribution is -0.309. The number of rotatable bonds is 4. The standard InChI is InChI=1S/C7HCl4F9/c8-1(2(9)10)4(13,7(18,19)20)5(14,15)3(12)6(11,16)17/h3H. The highest BCUT2D eigenvalue weighted by molar-refractivity contribution is 6.59. The molecule has 0 aromatic rings. The van der Waals surface area contributed by atoms with Gasteiger partial charge in [-0.2, -0.15) is 30.7 Å². The smallest absolute Gasteiger partial charge is 0.232 e. The van der Waals surface area contributed by atoms with Crippen LogP contribution in [0.4, 0.5) is 39.5 Å². The number of halogens is 13. The minimum atomic E-state index is -6.62. The highest BCUT2D eigenvalue weighted by Crippen LogP contribution is 2.56. The molecule has 0 radical (unpaired) electrons. The third kappa shape index (κ3) is 3.36. The summed E-state index contributed by atoms with van der Waals surface area (Å²) in [5.41, 5.74) is -6.10. The van der Waals surface area contributed by atoms with Gasteiger partial charge in [0.1, 0.15) is 9.52 Å². The zero-order valence-corrected chi connectivity index (χ0v) is 11.5. The fraction of sp³-hybridized carbons (Fsp3) is 0.714. The van der Waals surface area contributed by atoms with Gasteiger partial charge < -0.3 is 0 Å². The summed E-state index contributed by atoms with van der Waals surface area (Å²) in [6, 6.07) is 0. The average Bonchev–Trinajstić information content (AvgIpc) is 2.22. The summed E-state index contributed by atoms with van der Waals surface area (Å²) < 4.78 is 113. The van der Waals surface area contributed by atoms with E-state index >= 15 is 0 Å². The molecule has 0 fully saturated rings. The molecule has 0 aliphatic carbocycles. The molecule has 0 aliphatic heterocycles. The predicted molar refractivity (Wildman–Crippen MR) is 55.1 cm³/mol. The molecule has 0 spiro atoms. The van der Waals surface area contributed by atoms with Crippen molar-refractivity contribution in [2.45, 2.75) is 29.3 Å². The Morgan fingerprint density at radius 1 is 0.800 bits per heavy atom. The van der Waals surface area contributed by atoms with E-state index in [4.69, 9.17) is 0 Å². The van der Waals surface area contributed by atoms with Gasteiger partial charge in [-0.25, -0.2) is 8.78 Å². The monoisotopic (exact) mass is 396 g/mol. The summed E-state index contributed by atoms with van der Waals surface area (Å²) in [5, 5.41) is -8.12. The summed E-state index contributed by atoms with van der Waals surface area (Å²) >= 11 is 17.7. The van der Waals surface area contributed by atoms with Crippen LogP contribution in [0.1, 0.15) is 0 Å². The summed E-state index contributed by atoms with van der Waals surface area (Å²) in [5.74, 6) is -6.41. The topological polar surface area (TPSA) is 0 Å². The molecular weight excluding hydrogens is 397 g/mol. The molecule has 120 valence electrons. The molecule has 0 amide bonds. The van der Waals surface area contributed by atoms with Crippen LogP contribution in [0.15, 0.2) is 9.52 Å². The molecule has 0 aromatic heterocycles. The highest BCUT2D eigenvalue weighted by Gasteiger charge is 2.79. The van der Waals surface area contributed by atoms with Gasteiger partial charge in [-0.15, -0.1) is 0 Å².